The smallest absolute Gasteiger partial charge is 0.335 e. The molecular weight excluding hydrogens is 326 g/mol. The van der Waals surface area contributed by atoms with Gasteiger partial charge in [-0.3, -0.25) is 4.79 Å². The lowest BCUT2D eigenvalue weighted by molar-refractivity contribution is -0.132. The van der Waals surface area contributed by atoms with Gasteiger partial charge in [-0.25, -0.2) is 4.79 Å². The van der Waals surface area contributed by atoms with Gasteiger partial charge in [-0.1, -0.05) is 30.3 Å². The second-order valence-electron chi connectivity index (χ2n) is 7.04. The van der Waals surface area contributed by atoms with Crippen molar-refractivity contribution in [1.29, 1.82) is 0 Å². The third kappa shape index (κ3) is 3.79. The molecule has 1 amide bonds. The fourth-order valence-corrected chi connectivity index (χ4v) is 3.73. The van der Waals surface area contributed by atoms with Crippen LogP contribution < -0.4 is 0 Å². The highest BCUT2D eigenvalue weighted by Crippen LogP contribution is 2.35. The molecular formula is C22H25NO3. The number of hydrogen-bond acceptors (Lipinski definition) is 2. The maximum atomic E-state index is 12.8. The van der Waals surface area contributed by atoms with Crippen LogP contribution in [0.5, 0.6) is 0 Å². The minimum absolute atomic E-state index is 0.177. The molecule has 0 spiro atoms. The molecule has 2 aromatic carbocycles. The zero-order chi connectivity index (χ0) is 18.7. The van der Waals surface area contributed by atoms with Crippen molar-refractivity contribution in [3.63, 3.8) is 0 Å². The Morgan fingerprint density at radius 2 is 1.85 bits per heavy atom. The van der Waals surface area contributed by atoms with Gasteiger partial charge < -0.3 is 10.0 Å². The Labute approximate surface area is 154 Å². The third-order valence-corrected chi connectivity index (χ3v) is 5.41. The molecule has 26 heavy (non-hydrogen) atoms. The number of carbonyl (C=O) groups excluding carboxylic acids is 1. The fraction of sp³-hybridized carbons (Fsp3) is 0.364. The second kappa shape index (κ2) is 7.73. The van der Waals surface area contributed by atoms with Gasteiger partial charge in [0, 0.05) is 13.0 Å². The molecule has 1 atom stereocenters. The molecule has 0 saturated carbocycles. The van der Waals surface area contributed by atoms with Crippen molar-refractivity contribution in [1.82, 2.24) is 4.90 Å². The van der Waals surface area contributed by atoms with Crippen molar-refractivity contribution in [2.45, 2.75) is 45.6 Å². The van der Waals surface area contributed by atoms with E-state index < -0.39 is 5.97 Å². The molecule has 136 valence electrons. The largest absolute Gasteiger partial charge is 0.478 e. The second-order valence-corrected chi connectivity index (χ2v) is 7.04. The van der Waals surface area contributed by atoms with E-state index in [0.717, 1.165) is 24.9 Å². The summed E-state index contributed by atoms with van der Waals surface area (Å²) in [5.41, 5.74) is 5.07. The number of carbonyl (C=O) groups is 2. The van der Waals surface area contributed by atoms with Gasteiger partial charge in [0.15, 0.2) is 0 Å². The molecule has 0 aromatic heterocycles. The number of carboxylic acid groups (broad SMARTS) is 1. The van der Waals surface area contributed by atoms with E-state index in [4.69, 9.17) is 5.11 Å². The van der Waals surface area contributed by atoms with Crippen molar-refractivity contribution in [3.8, 4) is 0 Å². The van der Waals surface area contributed by atoms with Gasteiger partial charge >= 0.3 is 5.97 Å². The zero-order valence-electron chi connectivity index (χ0n) is 15.4. The van der Waals surface area contributed by atoms with Gasteiger partial charge in [0.2, 0.25) is 5.91 Å². The van der Waals surface area contributed by atoms with Crippen LogP contribution in [0.15, 0.2) is 42.5 Å². The quantitative estimate of drug-likeness (QED) is 0.874. The van der Waals surface area contributed by atoms with Gasteiger partial charge in [0.25, 0.3) is 0 Å². The number of benzene rings is 2. The van der Waals surface area contributed by atoms with Gasteiger partial charge in [0.1, 0.15) is 0 Å². The topological polar surface area (TPSA) is 57.6 Å². The summed E-state index contributed by atoms with van der Waals surface area (Å²) in [4.78, 5) is 25.7. The van der Waals surface area contributed by atoms with E-state index in [2.05, 4.69) is 32.0 Å². The minimum Gasteiger partial charge on any atom is -0.478 e. The van der Waals surface area contributed by atoms with E-state index >= 15 is 0 Å². The molecule has 1 aliphatic rings. The standard InChI is InChI=1S/C22H25NO3/c1-15-5-3-6-19(16(15)2)20-7-4-14-23(20)21(24)13-10-17-8-11-18(12-9-17)22(25)26/h3,5-6,8-9,11-12,20H,4,7,10,13-14H2,1-2H3,(H,25,26). The van der Waals surface area contributed by atoms with E-state index in [9.17, 15) is 9.59 Å². The first-order chi connectivity index (χ1) is 12.5. The first kappa shape index (κ1) is 18.2. The molecule has 0 radical (unpaired) electrons. The fourth-order valence-electron chi connectivity index (χ4n) is 3.73. The molecule has 1 fully saturated rings. The molecule has 1 aliphatic heterocycles. The molecule has 0 aliphatic carbocycles. The Balaban J connectivity index is 1.67. The van der Waals surface area contributed by atoms with Crippen LogP contribution in [0.25, 0.3) is 0 Å². The van der Waals surface area contributed by atoms with Crippen LogP contribution in [0.2, 0.25) is 0 Å². The summed E-state index contributed by atoms with van der Waals surface area (Å²) in [5, 5.41) is 8.96. The Morgan fingerprint density at radius 3 is 2.54 bits per heavy atom. The van der Waals surface area contributed by atoms with Crippen molar-refractivity contribution in [3.05, 3.63) is 70.3 Å². The SMILES string of the molecule is Cc1cccc(C2CCCN2C(=O)CCc2ccc(C(=O)O)cc2)c1C. The lowest BCUT2D eigenvalue weighted by Crippen LogP contribution is -2.31. The van der Waals surface area contributed by atoms with Crippen LogP contribution in [0.1, 0.15) is 57.9 Å². The van der Waals surface area contributed by atoms with Crippen LogP contribution in [0, 0.1) is 13.8 Å². The highest BCUT2D eigenvalue weighted by molar-refractivity contribution is 5.87. The summed E-state index contributed by atoms with van der Waals surface area (Å²) in [6.07, 6.45) is 3.14. The van der Waals surface area contributed by atoms with E-state index in [1.807, 2.05) is 4.90 Å². The average Bonchev–Trinajstić information content (AvgIpc) is 3.12. The number of likely N-dealkylation sites (tertiary alicyclic amines) is 1. The number of carboxylic acids is 1. The summed E-state index contributed by atoms with van der Waals surface area (Å²) in [7, 11) is 0. The summed E-state index contributed by atoms with van der Waals surface area (Å²) in [6, 6.07) is 13.3. The predicted molar refractivity (Wildman–Crippen MR) is 101 cm³/mol. The van der Waals surface area contributed by atoms with Gasteiger partial charge in [0.05, 0.1) is 11.6 Å². The maximum absolute atomic E-state index is 12.8. The Kier molecular flexibility index (Phi) is 5.40. The molecule has 1 heterocycles. The Hall–Kier alpha value is -2.62. The van der Waals surface area contributed by atoms with Crippen LogP contribution in [0.3, 0.4) is 0 Å². The summed E-state index contributed by atoms with van der Waals surface area (Å²) in [5.74, 6) is -0.753. The molecule has 1 saturated heterocycles. The minimum atomic E-state index is -0.930. The van der Waals surface area contributed by atoms with Crippen LogP contribution in [-0.4, -0.2) is 28.4 Å². The molecule has 4 heteroatoms. The number of aromatic carboxylic acids is 1. The zero-order valence-corrected chi connectivity index (χ0v) is 15.4. The van der Waals surface area contributed by atoms with E-state index in [1.54, 1.807) is 24.3 Å². The summed E-state index contributed by atoms with van der Waals surface area (Å²) >= 11 is 0. The maximum Gasteiger partial charge on any atom is 0.335 e. The lowest BCUT2D eigenvalue weighted by atomic mass is 9.95. The predicted octanol–water partition coefficient (Wildman–Crippen LogP) is 4.30. The number of amides is 1. The van der Waals surface area contributed by atoms with E-state index in [0.29, 0.717) is 12.8 Å². The number of aryl methyl sites for hydroxylation is 2. The normalized spacial score (nSPS) is 16.7. The summed E-state index contributed by atoms with van der Waals surface area (Å²) < 4.78 is 0. The molecule has 2 aromatic rings. The molecule has 0 bridgehead atoms. The van der Waals surface area contributed by atoms with Crippen LogP contribution in [-0.2, 0) is 11.2 Å². The Bertz CT molecular complexity index is 811. The average molecular weight is 351 g/mol. The first-order valence-electron chi connectivity index (χ1n) is 9.15. The van der Waals surface area contributed by atoms with Crippen LogP contribution in [0.4, 0.5) is 0 Å². The van der Waals surface area contributed by atoms with Crippen molar-refractivity contribution >= 4 is 11.9 Å². The van der Waals surface area contributed by atoms with Crippen LogP contribution >= 0.6 is 0 Å². The lowest BCUT2D eigenvalue weighted by Gasteiger charge is -2.27. The monoisotopic (exact) mass is 351 g/mol. The van der Waals surface area contributed by atoms with Crippen molar-refractivity contribution < 1.29 is 14.7 Å². The van der Waals surface area contributed by atoms with Crippen molar-refractivity contribution in [2.75, 3.05) is 6.54 Å². The number of nitrogens with zero attached hydrogens (tertiary/aromatic N) is 1. The highest BCUT2D eigenvalue weighted by Gasteiger charge is 2.30. The molecule has 3 rings (SSSR count). The number of rotatable bonds is 5. The molecule has 1 unspecified atom stereocenters. The molecule has 1 N–H and O–H groups in total. The summed E-state index contributed by atoms with van der Waals surface area (Å²) in [6.45, 7) is 5.06. The van der Waals surface area contributed by atoms with Gasteiger partial charge in [-0.2, -0.15) is 0 Å². The first-order valence-corrected chi connectivity index (χ1v) is 9.15. The molecule has 4 nitrogen and oxygen atoms in total. The Morgan fingerprint density at radius 1 is 1.12 bits per heavy atom. The number of hydrogen-bond donors (Lipinski definition) is 1. The van der Waals surface area contributed by atoms with E-state index in [1.165, 1.54) is 16.7 Å². The van der Waals surface area contributed by atoms with Gasteiger partial charge in [-0.15, -0.1) is 0 Å². The van der Waals surface area contributed by atoms with E-state index in [-0.39, 0.29) is 17.5 Å². The van der Waals surface area contributed by atoms with Gasteiger partial charge in [-0.05, 0) is 67.5 Å². The van der Waals surface area contributed by atoms with Crippen molar-refractivity contribution in [2.24, 2.45) is 0 Å². The highest BCUT2D eigenvalue weighted by atomic mass is 16.4. The third-order valence-electron chi connectivity index (χ3n) is 5.41.